The smallest absolute Gasteiger partial charge is 0.154 e. The Bertz CT molecular complexity index is 533. The van der Waals surface area contributed by atoms with Gasteiger partial charge in [-0.1, -0.05) is 36.4 Å². The average molecular weight is 240 g/mol. The SMILES string of the molecule is O=C[C@]1(NC2=NCCC2)C=CCc2ccccc21. The molecule has 18 heavy (non-hydrogen) atoms. The number of hydrogen-bond donors (Lipinski definition) is 1. The highest BCUT2D eigenvalue weighted by molar-refractivity contribution is 5.89. The summed E-state index contributed by atoms with van der Waals surface area (Å²) in [5, 5.41) is 3.33. The molecule has 1 aliphatic heterocycles. The van der Waals surface area contributed by atoms with Crippen LogP contribution in [0, 0.1) is 0 Å². The number of carbonyl (C=O) groups is 1. The highest BCUT2D eigenvalue weighted by atomic mass is 16.1. The van der Waals surface area contributed by atoms with E-state index in [2.05, 4.69) is 22.5 Å². The summed E-state index contributed by atoms with van der Waals surface area (Å²) in [6, 6.07) is 8.10. The highest BCUT2D eigenvalue weighted by Gasteiger charge is 2.34. The van der Waals surface area contributed by atoms with Crippen LogP contribution in [0.1, 0.15) is 24.0 Å². The molecule has 1 heterocycles. The maximum absolute atomic E-state index is 11.7. The van der Waals surface area contributed by atoms with Crippen LogP contribution < -0.4 is 5.32 Å². The topological polar surface area (TPSA) is 41.5 Å². The summed E-state index contributed by atoms with van der Waals surface area (Å²) in [7, 11) is 0. The molecule has 0 amide bonds. The largest absolute Gasteiger partial charge is 0.355 e. The minimum Gasteiger partial charge on any atom is -0.355 e. The number of hydrogen-bond acceptors (Lipinski definition) is 3. The number of fused-ring (bicyclic) bond motifs is 1. The van der Waals surface area contributed by atoms with Gasteiger partial charge in [-0.15, -0.1) is 0 Å². The lowest BCUT2D eigenvalue weighted by Gasteiger charge is -2.32. The van der Waals surface area contributed by atoms with Crippen molar-refractivity contribution in [2.75, 3.05) is 6.54 Å². The van der Waals surface area contributed by atoms with Crippen LogP contribution in [0.25, 0.3) is 0 Å². The fourth-order valence-electron chi connectivity index (χ4n) is 2.69. The molecule has 0 saturated heterocycles. The van der Waals surface area contributed by atoms with E-state index in [0.717, 1.165) is 43.5 Å². The molecule has 3 heteroatoms. The first-order valence-electron chi connectivity index (χ1n) is 6.38. The van der Waals surface area contributed by atoms with Gasteiger partial charge in [0, 0.05) is 13.0 Å². The molecule has 3 rings (SSSR count). The van der Waals surface area contributed by atoms with Gasteiger partial charge in [-0.05, 0) is 24.0 Å². The quantitative estimate of drug-likeness (QED) is 0.634. The van der Waals surface area contributed by atoms with Gasteiger partial charge < -0.3 is 5.32 Å². The number of benzene rings is 1. The van der Waals surface area contributed by atoms with Gasteiger partial charge in [-0.2, -0.15) is 0 Å². The zero-order valence-corrected chi connectivity index (χ0v) is 10.2. The Hall–Kier alpha value is -1.90. The maximum atomic E-state index is 11.7. The third-order valence-corrected chi connectivity index (χ3v) is 3.59. The molecule has 1 aliphatic carbocycles. The van der Waals surface area contributed by atoms with Crippen molar-refractivity contribution < 1.29 is 4.79 Å². The summed E-state index contributed by atoms with van der Waals surface area (Å²) in [5.41, 5.74) is 1.54. The highest BCUT2D eigenvalue weighted by Crippen LogP contribution is 2.29. The third-order valence-electron chi connectivity index (χ3n) is 3.59. The molecule has 3 nitrogen and oxygen atoms in total. The Balaban J connectivity index is 2.02. The summed E-state index contributed by atoms with van der Waals surface area (Å²) in [6.45, 7) is 0.864. The van der Waals surface area contributed by atoms with Crippen molar-refractivity contribution in [2.24, 2.45) is 4.99 Å². The monoisotopic (exact) mass is 240 g/mol. The number of rotatable bonds is 2. The van der Waals surface area contributed by atoms with Gasteiger partial charge in [0.25, 0.3) is 0 Å². The maximum Gasteiger partial charge on any atom is 0.154 e. The zero-order valence-electron chi connectivity index (χ0n) is 10.2. The van der Waals surface area contributed by atoms with Crippen LogP contribution in [0.4, 0.5) is 0 Å². The van der Waals surface area contributed by atoms with Gasteiger partial charge in [-0.25, -0.2) is 0 Å². The lowest BCUT2D eigenvalue weighted by Crippen LogP contribution is -2.46. The second-order valence-corrected chi connectivity index (χ2v) is 4.81. The summed E-state index contributed by atoms with van der Waals surface area (Å²) < 4.78 is 0. The number of allylic oxidation sites excluding steroid dienone is 1. The molecule has 0 aromatic heterocycles. The Labute approximate surface area is 107 Å². The van der Waals surface area contributed by atoms with E-state index in [1.54, 1.807) is 0 Å². The molecule has 0 radical (unpaired) electrons. The van der Waals surface area contributed by atoms with E-state index in [1.165, 1.54) is 5.56 Å². The first-order chi connectivity index (χ1) is 8.84. The first kappa shape index (κ1) is 11.2. The minimum atomic E-state index is -0.724. The lowest BCUT2D eigenvalue weighted by molar-refractivity contribution is -0.111. The number of aliphatic imine (C=N–C) groups is 1. The number of aldehydes is 1. The molecule has 0 unspecified atom stereocenters. The third kappa shape index (κ3) is 1.76. The number of nitrogens with one attached hydrogen (secondary N) is 1. The summed E-state index contributed by atoms with van der Waals surface area (Å²) >= 11 is 0. The summed E-state index contributed by atoms with van der Waals surface area (Å²) in [5.74, 6) is 0.948. The fraction of sp³-hybridized carbons (Fsp3) is 0.333. The number of carbonyl (C=O) groups excluding carboxylic acids is 1. The van der Waals surface area contributed by atoms with Crippen molar-refractivity contribution in [3.63, 3.8) is 0 Å². The molecule has 92 valence electrons. The normalized spacial score (nSPS) is 25.4. The van der Waals surface area contributed by atoms with E-state index in [9.17, 15) is 4.79 Å². The first-order valence-corrected chi connectivity index (χ1v) is 6.38. The van der Waals surface area contributed by atoms with E-state index >= 15 is 0 Å². The molecule has 1 aromatic rings. The molecule has 1 aromatic carbocycles. The van der Waals surface area contributed by atoms with Crippen LogP contribution in [0.2, 0.25) is 0 Å². The predicted molar refractivity (Wildman–Crippen MR) is 71.7 cm³/mol. The van der Waals surface area contributed by atoms with Crippen LogP contribution in [-0.4, -0.2) is 18.7 Å². The van der Waals surface area contributed by atoms with Gasteiger partial charge in [0.1, 0.15) is 5.54 Å². The molecular weight excluding hydrogens is 224 g/mol. The van der Waals surface area contributed by atoms with Crippen molar-refractivity contribution in [1.29, 1.82) is 0 Å². The second kappa shape index (κ2) is 4.41. The molecule has 2 aliphatic rings. The van der Waals surface area contributed by atoms with Gasteiger partial charge in [0.05, 0.1) is 5.84 Å². The Morgan fingerprint density at radius 2 is 2.22 bits per heavy atom. The van der Waals surface area contributed by atoms with Crippen molar-refractivity contribution in [1.82, 2.24) is 5.32 Å². The molecule has 0 fully saturated rings. The van der Waals surface area contributed by atoms with Crippen LogP contribution in [0.3, 0.4) is 0 Å². The Kier molecular flexibility index (Phi) is 2.74. The van der Waals surface area contributed by atoms with Crippen molar-refractivity contribution in [3.8, 4) is 0 Å². The summed E-state index contributed by atoms with van der Waals surface area (Å²) in [4.78, 5) is 16.1. The van der Waals surface area contributed by atoms with Gasteiger partial charge in [-0.3, -0.25) is 9.79 Å². The van der Waals surface area contributed by atoms with Crippen LogP contribution in [-0.2, 0) is 16.8 Å². The Morgan fingerprint density at radius 1 is 1.33 bits per heavy atom. The minimum absolute atomic E-state index is 0.724. The van der Waals surface area contributed by atoms with Gasteiger partial charge in [0.2, 0.25) is 0 Å². The number of amidine groups is 1. The number of nitrogens with zero attached hydrogens (tertiary/aromatic N) is 1. The lowest BCUT2D eigenvalue weighted by atomic mass is 9.82. The van der Waals surface area contributed by atoms with E-state index in [1.807, 2.05) is 24.3 Å². The molecule has 1 atom stereocenters. The second-order valence-electron chi connectivity index (χ2n) is 4.81. The molecular formula is C15H16N2O. The molecule has 0 bridgehead atoms. The summed E-state index contributed by atoms with van der Waals surface area (Å²) in [6.07, 6.45) is 7.90. The Morgan fingerprint density at radius 3 is 3.00 bits per heavy atom. The molecule has 1 N–H and O–H groups in total. The van der Waals surface area contributed by atoms with Crippen molar-refractivity contribution in [3.05, 3.63) is 47.5 Å². The van der Waals surface area contributed by atoms with Crippen molar-refractivity contribution in [2.45, 2.75) is 24.8 Å². The standard InChI is InChI=1S/C15H16N2O/c18-11-15(17-14-8-4-10-16-14)9-3-6-12-5-1-2-7-13(12)15/h1-3,5,7,9,11H,4,6,8,10H2,(H,16,17)/t15-/m1/s1. The van der Waals surface area contributed by atoms with E-state index in [4.69, 9.17) is 0 Å². The zero-order chi connectivity index (χ0) is 12.4. The van der Waals surface area contributed by atoms with Crippen LogP contribution in [0.15, 0.2) is 41.4 Å². The van der Waals surface area contributed by atoms with E-state index < -0.39 is 5.54 Å². The average Bonchev–Trinajstić information content (AvgIpc) is 2.92. The van der Waals surface area contributed by atoms with Crippen LogP contribution in [0.5, 0.6) is 0 Å². The van der Waals surface area contributed by atoms with Gasteiger partial charge >= 0.3 is 0 Å². The predicted octanol–water partition coefficient (Wildman–Crippen LogP) is 1.97. The fourth-order valence-corrected chi connectivity index (χ4v) is 2.69. The van der Waals surface area contributed by atoms with E-state index in [-0.39, 0.29) is 0 Å². The van der Waals surface area contributed by atoms with Gasteiger partial charge in [0.15, 0.2) is 6.29 Å². The molecule has 0 saturated carbocycles. The van der Waals surface area contributed by atoms with Crippen molar-refractivity contribution >= 4 is 12.1 Å². The molecule has 0 spiro atoms. The van der Waals surface area contributed by atoms with E-state index in [0.29, 0.717) is 0 Å². The van der Waals surface area contributed by atoms with Crippen LogP contribution >= 0.6 is 0 Å².